The fourth-order valence-electron chi connectivity index (χ4n) is 3.04. The smallest absolute Gasteiger partial charge is 0.130 e. The van der Waals surface area contributed by atoms with Crippen LogP contribution in [-0.4, -0.2) is 7.11 Å². The lowest BCUT2D eigenvalue weighted by Gasteiger charge is -2.16. The summed E-state index contributed by atoms with van der Waals surface area (Å²) in [5.74, 6) is 0.491. The Hall–Kier alpha value is -2.35. The Kier molecular flexibility index (Phi) is 4.08. The van der Waals surface area contributed by atoms with Gasteiger partial charge in [-0.1, -0.05) is 44.2 Å². The van der Waals surface area contributed by atoms with Crippen LogP contribution >= 0.6 is 0 Å². The molecule has 0 radical (unpaired) electrons. The molecule has 0 atom stereocenters. The third-order valence-corrected chi connectivity index (χ3v) is 4.32. The van der Waals surface area contributed by atoms with Gasteiger partial charge >= 0.3 is 0 Å². The van der Waals surface area contributed by atoms with E-state index < -0.39 is 0 Å². The second-order valence-corrected chi connectivity index (χ2v) is 6.24. The highest BCUT2D eigenvalue weighted by Crippen LogP contribution is 2.37. The molecule has 2 heteroatoms. The number of methoxy groups -OCH3 is 1. The van der Waals surface area contributed by atoms with Crippen molar-refractivity contribution in [3.05, 3.63) is 65.5 Å². The molecule has 1 nitrogen and oxygen atoms in total. The fraction of sp³-hybridized carbons (Fsp3) is 0.238. The molecule has 118 valence electrons. The molecule has 0 aromatic heterocycles. The maximum atomic E-state index is 14.3. The predicted molar refractivity (Wildman–Crippen MR) is 94.7 cm³/mol. The number of ether oxygens (including phenoxy) is 1. The second-order valence-electron chi connectivity index (χ2n) is 6.24. The minimum absolute atomic E-state index is 0.125. The number of rotatable bonds is 3. The number of hydrogen-bond donors (Lipinski definition) is 0. The van der Waals surface area contributed by atoms with Gasteiger partial charge in [0.15, 0.2) is 0 Å². The standard InChI is InChI=1S/C21H21FO/c1-13(2)17-11-19(21(23-4)12-20(17)22)18-10-16-8-6-5-7-15(16)9-14(18)3/h5-13H,1-4H3. The highest BCUT2D eigenvalue weighted by molar-refractivity contribution is 5.90. The molecule has 0 spiro atoms. The molecular weight excluding hydrogens is 287 g/mol. The molecule has 3 aromatic carbocycles. The van der Waals surface area contributed by atoms with E-state index >= 15 is 0 Å². The van der Waals surface area contributed by atoms with Crippen LogP contribution in [0.2, 0.25) is 0 Å². The summed E-state index contributed by atoms with van der Waals surface area (Å²) >= 11 is 0. The molecule has 0 bridgehead atoms. The van der Waals surface area contributed by atoms with E-state index in [0.717, 1.165) is 16.7 Å². The van der Waals surface area contributed by atoms with Crippen molar-refractivity contribution >= 4 is 10.8 Å². The van der Waals surface area contributed by atoms with Gasteiger partial charge in [0, 0.05) is 11.6 Å². The molecular formula is C21H21FO. The van der Waals surface area contributed by atoms with Crippen LogP contribution in [0.3, 0.4) is 0 Å². The molecule has 3 aromatic rings. The van der Waals surface area contributed by atoms with Crippen molar-refractivity contribution in [2.45, 2.75) is 26.7 Å². The summed E-state index contributed by atoms with van der Waals surface area (Å²) in [5, 5.41) is 2.38. The molecule has 0 saturated heterocycles. The SMILES string of the molecule is COc1cc(F)c(C(C)C)cc1-c1cc2ccccc2cc1C. The van der Waals surface area contributed by atoms with Gasteiger partial charge in [-0.3, -0.25) is 0 Å². The first-order chi connectivity index (χ1) is 11.0. The Morgan fingerprint density at radius 3 is 2.17 bits per heavy atom. The van der Waals surface area contributed by atoms with Crippen molar-refractivity contribution in [2.75, 3.05) is 7.11 Å². The topological polar surface area (TPSA) is 9.23 Å². The minimum Gasteiger partial charge on any atom is -0.496 e. The molecule has 0 aliphatic heterocycles. The summed E-state index contributed by atoms with van der Waals surface area (Å²) < 4.78 is 19.7. The summed E-state index contributed by atoms with van der Waals surface area (Å²) in [7, 11) is 1.59. The first-order valence-corrected chi connectivity index (χ1v) is 7.88. The fourth-order valence-corrected chi connectivity index (χ4v) is 3.04. The molecule has 0 fully saturated rings. The van der Waals surface area contributed by atoms with E-state index in [4.69, 9.17) is 4.74 Å². The summed E-state index contributed by atoms with van der Waals surface area (Å²) in [4.78, 5) is 0. The molecule has 0 unspecified atom stereocenters. The third kappa shape index (κ3) is 2.81. The lowest BCUT2D eigenvalue weighted by molar-refractivity contribution is 0.412. The monoisotopic (exact) mass is 308 g/mol. The van der Waals surface area contributed by atoms with Crippen molar-refractivity contribution in [3.63, 3.8) is 0 Å². The Morgan fingerprint density at radius 2 is 1.57 bits per heavy atom. The van der Waals surface area contributed by atoms with Gasteiger partial charge in [0.1, 0.15) is 11.6 Å². The summed E-state index contributed by atoms with van der Waals surface area (Å²) in [6.07, 6.45) is 0. The number of halogens is 1. The molecule has 0 saturated carbocycles. The van der Waals surface area contributed by atoms with Crippen molar-refractivity contribution < 1.29 is 9.13 Å². The zero-order valence-corrected chi connectivity index (χ0v) is 14.0. The van der Waals surface area contributed by atoms with Gasteiger partial charge in [0.25, 0.3) is 0 Å². The van der Waals surface area contributed by atoms with Crippen LogP contribution in [0.4, 0.5) is 4.39 Å². The lowest BCUT2D eigenvalue weighted by Crippen LogP contribution is -1.98. The predicted octanol–water partition coefficient (Wildman–Crippen LogP) is 6.09. The van der Waals surface area contributed by atoms with Gasteiger partial charge in [0.05, 0.1) is 7.11 Å². The van der Waals surface area contributed by atoms with Gasteiger partial charge in [-0.05, 0) is 52.4 Å². The van der Waals surface area contributed by atoms with Crippen molar-refractivity contribution in [1.29, 1.82) is 0 Å². The quantitative estimate of drug-likeness (QED) is 0.569. The van der Waals surface area contributed by atoms with Gasteiger partial charge in [-0.15, -0.1) is 0 Å². The normalized spacial score (nSPS) is 11.2. The van der Waals surface area contributed by atoms with Crippen LogP contribution in [-0.2, 0) is 0 Å². The molecule has 3 rings (SSSR count). The van der Waals surface area contributed by atoms with Crippen LogP contribution < -0.4 is 4.74 Å². The summed E-state index contributed by atoms with van der Waals surface area (Å²) in [6.45, 7) is 6.09. The van der Waals surface area contributed by atoms with Gasteiger partial charge in [-0.25, -0.2) is 4.39 Å². The summed E-state index contributed by atoms with van der Waals surface area (Å²) in [5.41, 5.74) is 3.90. The van der Waals surface area contributed by atoms with Gasteiger partial charge in [-0.2, -0.15) is 0 Å². The number of fused-ring (bicyclic) bond motifs is 1. The minimum atomic E-state index is -0.209. The Labute approximate surface area is 136 Å². The molecule has 0 amide bonds. The van der Waals surface area contributed by atoms with Crippen LogP contribution in [0.25, 0.3) is 21.9 Å². The maximum absolute atomic E-state index is 14.3. The van der Waals surface area contributed by atoms with Crippen LogP contribution in [0.15, 0.2) is 48.5 Å². The molecule has 23 heavy (non-hydrogen) atoms. The summed E-state index contributed by atoms with van der Waals surface area (Å²) in [6, 6.07) is 16.0. The van der Waals surface area contributed by atoms with Crippen molar-refractivity contribution in [2.24, 2.45) is 0 Å². The molecule has 0 N–H and O–H groups in total. The lowest BCUT2D eigenvalue weighted by atomic mass is 9.92. The Bertz CT molecular complexity index is 865. The number of aryl methyl sites for hydroxylation is 1. The van der Waals surface area contributed by atoms with E-state index in [-0.39, 0.29) is 11.7 Å². The van der Waals surface area contributed by atoms with E-state index in [0.29, 0.717) is 11.3 Å². The number of benzene rings is 3. The molecule has 0 aliphatic carbocycles. The average molecular weight is 308 g/mol. The van der Waals surface area contributed by atoms with E-state index in [2.05, 4.69) is 31.2 Å². The second kappa shape index (κ2) is 6.04. The van der Waals surface area contributed by atoms with E-state index in [1.54, 1.807) is 7.11 Å². The maximum Gasteiger partial charge on any atom is 0.130 e. The first kappa shape index (κ1) is 15.5. The van der Waals surface area contributed by atoms with E-state index in [1.807, 2.05) is 32.0 Å². The highest BCUT2D eigenvalue weighted by atomic mass is 19.1. The van der Waals surface area contributed by atoms with E-state index in [1.165, 1.54) is 16.8 Å². The Balaban J connectivity index is 2.28. The highest BCUT2D eigenvalue weighted by Gasteiger charge is 2.16. The van der Waals surface area contributed by atoms with E-state index in [9.17, 15) is 4.39 Å². The first-order valence-electron chi connectivity index (χ1n) is 7.88. The zero-order chi connectivity index (χ0) is 16.6. The van der Waals surface area contributed by atoms with Crippen molar-refractivity contribution in [3.8, 4) is 16.9 Å². The zero-order valence-electron chi connectivity index (χ0n) is 14.0. The third-order valence-electron chi connectivity index (χ3n) is 4.32. The van der Waals surface area contributed by atoms with Crippen LogP contribution in [0.5, 0.6) is 5.75 Å². The largest absolute Gasteiger partial charge is 0.496 e. The molecule has 0 heterocycles. The van der Waals surface area contributed by atoms with Crippen LogP contribution in [0.1, 0.15) is 30.9 Å². The van der Waals surface area contributed by atoms with Gasteiger partial charge in [0.2, 0.25) is 0 Å². The number of hydrogen-bond acceptors (Lipinski definition) is 1. The van der Waals surface area contributed by atoms with Crippen molar-refractivity contribution in [1.82, 2.24) is 0 Å². The Morgan fingerprint density at radius 1 is 0.913 bits per heavy atom. The average Bonchev–Trinajstić information content (AvgIpc) is 2.53. The molecule has 0 aliphatic rings. The van der Waals surface area contributed by atoms with Gasteiger partial charge < -0.3 is 4.74 Å². The van der Waals surface area contributed by atoms with Crippen LogP contribution in [0, 0.1) is 12.7 Å².